The Bertz CT molecular complexity index is 170. The summed E-state index contributed by atoms with van der Waals surface area (Å²) in [6.07, 6.45) is 7.18. The summed E-state index contributed by atoms with van der Waals surface area (Å²) in [7, 11) is 0. The molecule has 2 heteroatoms. The Morgan fingerprint density at radius 1 is 1.78 bits per heavy atom. The van der Waals surface area contributed by atoms with Gasteiger partial charge in [0.05, 0.1) is 5.92 Å². The normalized spacial score (nSPS) is 25.4. The summed E-state index contributed by atoms with van der Waals surface area (Å²) < 4.78 is 0. The van der Waals surface area contributed by atoms with Gasteiger partial charge < -0.3 is 4.79 Å². The van der Waals surface area contributed by atoms with Gasteiger partial charge in [-0.3, -0.25) is 0 Å². The SMILES string of the molecule is O=CC1CC=CC=C1Cl. The third-order valence-corrected chi connectivity index (χ3v) is 1.71. The number of carbonyl (C=O) groups is 1. The summed E-state index contributed by atoms with van der Waals surface area (Å²) in [4.78, 5) is 10.2. The number of rotatable bonds is 1. The molecule has 0 aromatic rings. The van der Waals surface area contributed by atoms with Crippen LogP contribution >= 0.6 is 11.6 Å². The zero-order chi connectivity index (χ0) is 6.69. The highest BCUT2D eigenvalue weighted by atomic mass is 35.5. The van der Waals surface area contributed by atoms with Crippen LogP contribution in [-0.2, 0) is 4.79 Å². The molecule has 0 aromatic heterocycles. The summed E-state index contributed by atoms with van der Waals surface area (Å²) in [6, 6.07) is 0. The van der Waals surface area contributed by atoms with Crippen LogP contribution in [0.4, 0.5) is 0 Å². The van der Waals surface area contributed by atoms with E-state index in [1.807, 2.05) is 12.2 Å². The summed E-state index contributed by atoms with van der Waals surface area (Å²) >= 11 is 5.66. The average Bonchev–Trinajstić information content (AvgIpc) is 1.89. The van der Waals surface area contributed by atoms with Gasteiger partial charge in [-0.15, -0.1) is 0 Å². The van der Waals surface area contributed by atoms with Crippen molar-refractivity contribution in [3.05, 3.63) is 23.3 Å². The average molecular weight is 143 g/mol. The monoisotopic (exact) mass is 142 g/mol. The molecule has 0 fully saturated rings. The number of aldehydes is 1. The molecule has 48 valence electrons. The van der Waals surface area contributed by atoms with Crippen molar-refractivity contribution in [1.82, 2.24) is 0 Å². The van der Waals surface area contributed by atoms with Gasteiger partial charge >= 0.3 is 0 Å². The van der Waals surface area contributed by atoms with Crippen LogP contribution in [0.2, 0.25) is 0 Å². The van der Waals surface area contributed by atoms with E-state index in [9.17, 15) is 4.79 Å². The van der Waals surface area contributed by atoms with Gasteiger partial charge in [-0.2, -0.15) is 0 Å². The molecule has 0 saturated heterocycles. The molecule has 1 aliphatic rings. The van der Waals surface area contributed by atoms with Crippen LogP contribution in [0.25, 0.3) is 0 Å². The fraction of sp³-hybridized carbons (Fsp3) is 0.286. The van der Waals surface area contributed by atoms with Crippen molar-refractivity contribution in [3.63, 3.8) is 0 Å². The number of halogens is 1. The van der Waals surface area contributed by atoms with E-state index in [1.54, 1.807) is 6.08 Å². The molecule has 0 N–H and O–H groups in total. The van der Waals surface area contributed by atoms with Crippen LogP contribution in [0.5, 0.6) is 0 Å². The minimum Gasteiger partial charge on any atom is -0.303 e. The molecule has 1 nitrogen and oxygen atoms in total. The maximum absolute atomic E-state index is 10.2. The van der Waals surface area contributed by atoms with Crippen LogP contribution < -0.4 is 0 Å². The second-order valence-corrected chi connectivity index (χ2v) is 2.39. The first-order valence-electron chi connectivity index (χ1n) is 2.82. The molecule has 0 heterocycles. The van der Waals surface area contributed by atoms with E-state index in [1.165, 1.54) is 0 Å². The van der Waals surface area contributed by atoms with Gasteiger partial charge in [-0.25, -0.2) is 0 Å². The molecule has 0 saturated carbocycles. The van der Waals surface area contributed by atoms with E-state index in [4.69, 9.17) is 11.6 Å². The van der Waals surface area contributed by atoms with Crippen molar-refractivity contribution in [2.45, 2.75) is 6.42 Å². The molecule has 1 rings (SSSR count). The summed E-state index contributed by atoms with van der Waals surface area (Å²) in [5.74, 6) is -0.0864. The lowest BCUT2D eigenvalue weighted by Crippen LogP contribution is -2.02. The summed E-state index contributed by atoms with van der Waals surface area (Å²) in [6.45, 7) is 0. The lowest BCUT2D eigenvalue weighted by Gasteiger charge is -2.07. The minimum atomic E-state index is -0.0864. The molecule has 0 spiro atoms. The van der Waals surface area contributed by atoms with E-state index < -0.39 is 0 Å². The quantitative estimate of drug-likeness (QED) is 0.511. The second-order valence-electron chi connectivity index (χ2n) is 1.96. The Kier molecular flexibility index (Phi) is 2.06. The standard InChI is InChI=1S/C7H7ClO/c8-7-4-2-1-3-6(7)5-9/h1-2,4-6H,3H2. The van der Waals surface area contributed by atoms with Gasteiger partial charge in [0.1, 0.15) is 6.29 Å². The molecule has 9 heavy (non-hydrogen) atoms. The fourth-order valence-corrected chi connectivity index (χ4v) is 0.955. The van der Waals surface area contributed by atoms with Gasteiger partial charge in [0.15, 0.2) is 0 Å². The predicted molar refractivity (Wildman–Crippen MR) is 37.2 cm³/mol. The Labute approximate surface area is 59.0 Å². The number of hydrogen-bond donors (Lipinski definition) is 0. The van der Waals surface area contributed by atoms with E-state index in [2.05, 4.69) is 0 Å². The minimum absolute atomic E-state index is 0.0864. The fourth-order valence-electron chi connectivity index (χ4n) is 0.742. The van der Waals surface area contributed by atoms with Gasteiger partial charge in [0, 0.05) is 5.03 Å². The first kappa shape index (κ1) is 6.56. The van der Waals surface area contributed by atoms with Crippen molar-refractivity contribution in [2.24, 2.45) is 5.92 Å². The summed E-state index contributed by atoms with van der Waals surface area (Å²) in [5.41, 5.74) is 0. The Hall–Kier alpha value is -0.560. The third kappa shape index (κ3) is 1.42. The van der Waals surface area contributed by atoms with Gasteiger partial charge in [0.25, 0.3) is 0 Å². The van der Waals surface area contributed by atoms with Crippen molar-refractivity contribution in [3.8, 4) is 0 Å². The molecule has 0 aromatic carbocycles. The van der Waals surface area contributed by atoms with E-state index in [-0.39, 0.29) is 5.92 Å². The number of hydrogen-bond acceptors (Lipinski definition) is 1. The zero-order valence-electron chi connectivity index (χ0n) is 4.88. The molecular formula is C7H7ClO. The molecule has 0 radical (unpaired) electrons. The first-order chi connectivity index (χ1) is 4.34. The predicted octanol–water partition coefficient (Wildman–Crippen LogP) is 1.88. The highest BCUT2D eigenvalue weighted by Crippen LogP contribution is 2.20. The van der Waals surface area contributed by atoms with Crippen LogP contribution in [0, 0.1) is 5.92 Å². The van der Waals surface area contributed by atoms with E-state index in [0.29, 0.717) is 5.03 Å². The van der Waals surface area contributed by atoms with E-state index >= 15 is 0 Å². The van der Waals surface area contributed by atoms with Crippen molar-refractivity contribution < 1.29 is 4.79 Å². The van der Waals surface area contributed by atoms with Gasteiger partial charge in [0.2, 0.25) is 0 Å². The molecule has 0 amide bonds. The second kappa shape index (κ2) is 2.83. The van der Waals surface area contributed by atoms with Crippen LogP contribution in [-0.4, -0.2) is 6.29 Å². The maximum Gasteiger partial charge on any atom is 0.128 e. The molecular weight excluding hydrogens is 136 g/mol. The molecule has 0 aliphatic heterocycles. The largest absolute Gasteiger partial charge is 0.303 e. The lowest BCUT2D eigenvalue weighted by molar-refractivity contribution is -0.109. The maximum atomic E-state index is 10.2. The lowest BCUT2D eigenvalue weighted by atomic mass is 10.0. The Morgan fingerprint density at radius 2 is 2.56 bits per heavy atom. The van der Waals surface area contributed by atoms with Crippen LogP contribution in [0.1, 0.15) is 6.42 Å². The Morgan fingerprint density at radius 3 is 3.00 bits per heavy atom. The smallest absolute Gasteiger partial charge is 0.128 e. The number of carbonyl (C=O) groups excluding carboxylic acids is 1. The Balaban J connectivity index is 2.69. The summed E-state index contributed by atoms with van der Waals surface area (Å²) in [5, 5.41) is 0.646. The third-order valence-electron chi connectivity index (χ3n) is 1.30. The van der Waals surface area contributed by atoms with E-state index in [0.717, 1.165) is 12.7 Å². The molecule has 0 bridgehead atoms. The highest BCUT2D eigenvalue weighted by molar-refractivity contribution is 6.31. The van der Waals surface area contributed by atoms with Crippen molar-refractivity contribution in [2.75, 3.05) is 0 Å². The first-order valence-corrected chi connectivity index (χ1v) is 3.20. The topological polar surface area (TPSA) is 17.1 Å². The van der Waals surface area contributed by atoms with Gasteiger partial charge in [-0.1, -0.05) is 23.8 Å². The van der Waals surface area contributed by atoms with Gasteiger partial charge in [-0.05, 0) is 12.5 Å². The van der Waals surface area contributed by atoms with Crippen molar-refractivity contribution in [1.29, 1.82) is 0 Å². The molecule has 1 atom stereocenters. The zero-order valence-corrected chi connectivity index (χ0v) is 5.64. The van der Waals surface area contributed by atoms with Crippen LogP contribution in [0.15, 0.2) is 23.3 Å². The number of allylic oxidation sites excluding steroid dienone is 4. The highest BCUT2D eigenvalue weighted by Gasteiger charge is 2.10. The van der Waals surface area contributed by atoms with Crippen molar-refractivity contribution >= 4 is 17.9 Å². The molecule has 1 unspecified atom stereocenters. The van der Waals surface area contributed by atoms with Crippen LogP contribution in [0.3, 0.4) is 0 Å². The molecule has 1 aliphatic carbocycles.